The molecule has 0 amide bonds. The van der Waals surface area contributed by atoms with E-state index in [4.69, 9.17) is 0 Å². The molecule has 94 valence electrons. The molecule has 0 atom stereocenters. The SMILES string of the molecule is CCCc1c(NC)ncnc1N(C)C1CCC1. The third kappa shape index (κ3) is 2.35. The van der Waals surface area contributed by atoms with E-state index in [1.54, 1.807) is 6.33 Å². The summed E-state index contributed by atoms with van der Waals surface area (Å²) < 4.78 is 0. The van der Waals surface area contributed by atoms with Gasteiger partial charge in [-0.2, -0.15) is 0 Å². The number of hydrogen-bond donors (Lipinski definition) is 1. The zero-order valence-corrected chi connectivity index (χ0v) is 11.0. The van der Waals surface area contributed by atoms with Crippen molar-refractivity contribution >= 4 is 11.6 Å². The van der Waals surface area contributed by atoms with Crippen molar-refractivity contribution in [3.63, 3.8) is 0 Å². The van der Waals surface area contributed by atoms with Gasteiger partial charge < -0.3 is 10.2 Å². The second-order valence-electron chi connectivity index (χ2n) is 4.72. The number of rotatable bonds is 5. The van der Waals surface area contributed by atoms with Crippen LogP contribution < -0.4 is 10.2 Å². The Kier molecular flexibility index (Phi) is 3.82. The van der Waals surface area contributed by atoms with Gasteiger partial charge >= 0.3 is 0 Å². The number of nitrogens with one attached hydrogen (secondary N) is 1. The van der Waals surface area contributed by atoms with E-state index < -0.39 is 0 Å². The highest BCUT2D eigenvalue weighted by Crippen LogP contribution is 2.31. The molecule has 0 spiro atoms. The highest BCUT2D eigenvalue weighted by molar-refractivity contribution is 5.58. The minimum absolute atomic E-state index is 0.671. The van der Waals surface area contributed by atoms with Crippen LogP contribution in [0.1, 0.15) is 38.2 Å². The molecule has 1 aromatic heterocycles. The van der Waals surface area contributed by atoms with Crippen LogP contribution in [0, 0.1) is 0 Å². The first-order chi connectivity index (χ1) is 8.27. The molecule has 1 saturated carbocycles. The van der Waals surface area contributed by atoms with Gasteiger partial charge in [-0.3, -0.25) is 0 Å². The van der Waals surface area contributed by atoms with Crippen molar-refractivity contribution in [3.8, 4) is 0 Å². The highest BCUT2D eigenvalue weighted by Gasteiger charge is 2.25. The molecule has 17 heavy (non-hydrogen) atoms. The first kappa shape index (κ1) is 12.1. The lowest BCUT2D eigenvalue weighted by atomic mass is 9.91. The molecular formula is C13H22N4. The Labute approximate surface area is 103 Å². The summed E-state index contributed by atoms with van der Waals surface area (Å²) in [7, 11) is 4.08. The van der Waals surface area contributed by atoms with Crippen LogP contribution in [-0.2, 0) is 6.42 Å². The fourth-order valence-corrected chi connectivity index (χ4v) is 2.35. The van der Waals surface area contributed by atoms with Crippen LogP contribution in [0.15, 0.2) is 6.33 Å². The van der Waals surface area contributed by atoms with E-state index in [1.807, 2.05) is 7.05 Å². The predicted molar refractivity (Wildman–Crippen MR) is 71.6 cm³/mol. The van der Waals surface area contributed by atoms with E-state index in [0.717, 1.165) is 24.5 Å². The molecule has 1 aliphatic rings. The minimum Gasteiger partial charge on any atom is -0.373 e. The lowest BCUT2D eigenvalue weighted by molar-refractivity contribution is 0.398. The Bertz CT molecular complexity index is 374. The van der Waals surface area contributed by atoms with Crippen LogP contribution in [0.5, 0.6) is 0 Å². The summed E-state index contributed by atoms with van der Waals surface area (Å²) in [5.74, 6) is 2.08. The van der Waals surface area contributed by atoms with Gasteiger partial charge in [-0.05, 0) is 25.7 Å². The minimum atomic E-state index is 0.671. The molecule has 1 N–H and O–H groups in total. The Morgan fingerprint density at radius 1 is 1.41 bits per heavy atom. The molecule has 0 unspecified atom stereocenters. The van der Waals surface area contributed by atoms with Gasteiger partial charge in [0.25, 0.3) is 0 Å². The molecule has 4 heteroatoms. The molecule has 1 aliphatic carbocycles. The Balaban J connectivity index is 2.30. The Morgan fingerprint density at radius 2 is 2.18 bits per heavy atom. The quantitative estimate of drug-likeness (QED) is 0.849. The van der Waals surface area contributed by atoms with Gasteiger partial charge in [-0.1, -0.05) is 13.3 Å². The summed E-state index contributed by atoms with van der Waals surface area (Å²) >= 11 is 0. The van der Waals surface area contributed by atoms with Crippen LogP contribution in [0.25, 0.3) is 0 Å². The van der Waals surface area contributed by atoms with E-state index in [1.165, 1.54) is 24.8 Å². The molecule has 0 radical (unpaired) electrons. The largest absolute Gasteiger partial charge is 0.373 e. The topological polar surface area (TPSA) is 41.1 Å². The second-order valence-corrected chi connectivity index (χ2v) is 4.72. The summed E-state index contributed by atoms with van der Waals surface area (Å²) in [4.78, 5) is 11.1. The van der Waals surface area contributed by atoms with E-state index in [2.05, 4.69) is 34.2 Å². The van der Waals surface area contributed by atoms with E-state index in [9.17, 15) is 0 Å². The van der Waals surface area contributed by atoms with Crippen molar-refractivity contribution in [3.05, 3.63) is 11.9 Å². The van der Waals surface area contributed by atoms with E-state index in [0.29, 0.717) is 6.04 Å². The smallest absolute Gasteiger partial charge is 0.137 e. The third-order valence-electron chi connectivity index (χ3n) is 3.62. The van der Waals surface area contributed by atoms with Crippen molar-refractivity contribution in [1.29, 1.82) is 0 Å². The van der Waals surface area contributed by atoms with Gasteiger partial charge in [0.15, 0.2) is 0 Å². The number of nitrogens with zero attached hydrogens (tertiary/aromatic N) is 3. The molecule has 1 fully saturated rings. The molecule has 4 nitrogen and oxygen atoms in total. The highest BCUT2D eigenvalue weighted by atomic mass is 15.2. The number of anilines is 2. The van der Waals surface area contributed by atoms with Crippen molar-refractivity contribution < 1.29 is 0 Å². The van der Waals surface area contributed by atoms with Gasteiger partial charge in [-0.25, -0.2) is 9.97 Å². The van der Waals surface area contributed by atoms with Crippen LogP contribution in [0.4, 0.5) is 11.6 Å². The average Bonchev–Trinajstić information content (AvgIpc) is 2.27. The predicted octanol–water partition coefficient (Wildman–Crippen LogP) is 2.46. The lowest BCUT2D eigenvalue weighted by Crippen LogP contribution is -2.38. The molecule has 2 rings (SSSR count). The summed E-state index contributed by atoms with van der Waals surface area (Å²) in [6.07, 6.45) is 7.75. The third-order valence-corrected chi connectivity index (χ3v) is 3.62. The molecule has 0 aromatic carbocycles. The van der Waals surface area contributed by atoms with Crippen LogP contribution in [0.3, 0.4) is 0 Å². The normalized spacial score (nSPS) is 15.5. The van der Waals surface area contributed by atoms with Crippen LogP contribution in [-0.4, -0.2) is 30.1 Å². The Morgan fingerprint density at radius 3 is 2.71 bits per heavy atom. The molecule has 1 aromatic rings. The maximum Gasteiger partial charge on any atom is 0.137 e. The van der Waals surface area contributed by atoms with Crippen LogP contribution in [0.2, 0.25) is 0 Å². The van der Waals surface area contributed by atoms with Crippen molar-refractivity contribution in [2.45, 2.75) is 45.1 Å². The number of hydrogen-bond acceptors (Lipinski definition) is 4. The summed E-state index contributed by atoms with van der Waals surface area (Å²) in [5, 5.41) is 3.17. The summed E-state index contributed by atoms with van der Waals surface area (Å²) in [6.45, 7) is 2.19. The fourth-order valence-electron chi connectivity index (χ4n) is 2.35. The molecule has 0 saturated heterocycles. The lowest BCUT2D eigenvalue weighted by Gasteiger charge is -2.36. The first-order valence-corrected chi connectivity index (χ1v) is 6.52. The second kappa shape index (κ2) is 5.34. The van der Waals surface area contributed by atoms with Crippen molar-refractivity contribution in [2.24, 2.45) is 0 Å². The summed E-state index contributed by atoms with van der Waals surface area (Å²) in [6, 6.07) is 0.671. The number of aromatic nitrogens is 2. The Hall–Kier alpha value is -1.32. The maximum atomic E-state index is 4.48. The average molecular weight is 234 g/mol. The van der Waals surface area contributed by atoms with Crippen LogP contribution >= 0.6 is 0 Å². The molecule has 1 heterocycles. The monoisotopic (exact) mass is 234 g/mol. The first-order valence-electron chi connectivity index (χ1n) is 6.52. The van der Waals surface area contributed by atoms with Crippen molar-refractivity contribution in [1.82, 2.24) is 9.97 Å². The maximum absolute atomic E-state index is 4.48. The molecule has 0 aliphatic heterocycles. The summed E-state index contributed by atoms with van der Waals surface area (Å²) in [5.41, 5.74) is 1.26. The zero-order valence-electron chi connectivity index (χ0n) is 11.0. The van der Waals surface area contributed by atoms with Gasteiger partial charge in [0.2, 0.25) is 0 Å². The van der Waals surface area contributed by atoms with Gasteiger partial charge in [0.1, 0.15) is 18.0 Å². The van der Waals surface area contributed by atoms with Gasteiger partial charge in [-0.15, -0.1) is 0 Å². The standard InChI is InChI=1S/C13H22N4/c1-4-6-11-12(14-2)15-9-16-13(11)17(3)10-7-5-8-10/h9-10H,4-8H2,1-3H3,(H,14,15,16). The van der Waals surface area contributed by atoms with E-state index >= 15 is 0 Å². The fraction of sp³-hybridized carbons (Fsp3) is 0.692. The zero-order chi connectivity index (χ0) is 12.3. The molecular weight excluding hydrogens is 212 g/mol. The molecule has 0 bridgehead atoms. The van der Waals surface area contributed by atoms with Crippen molar-refractivity contribution in [2.75, 3.05) is 24.3 Å². The van der Waals surface area contributed by atoms with Gasteiger partial charge in [0.05, 0.1) is 0 Å². The van der Waals surface area contributed by atoms with E-state index in [-0.39, 0.29) is 0 Å². The van der Waals surface area contributed by atoms with Gasteiger partial charge in [0, 0.05) is 25.7 Å².